The Hall–Kier alpha value is -2.37. The van der Waals surface area contributed by atoms with Gasteiger partial charge < -0.3 is 10.6 Å². The lowest BCUT2D eigenvalue weighted by atomic mass is 9.97. The second-order valence-corrected chi connectivity index (χ2v) is 7.40. The zero-order chi connectivity index (χ0) is 17.7. The third-order valence-corrected chi connectivity index (χ3v) is 5.76. The number of hydrogen-bond donors (Lipinski definition) is 2. The number of benzene rings is 2. The Labute approximate surface area is 156 Å². The van der Waals surface area contributed by atoms with Crippen LogP contribution in [0.4, 0.5) is 5.69 Å². The maximum absolute atomic E-state index is 12.1. The van der Waals surface area contributed by atoms with Gasteiger partial charge in [0.2, 0.25) is 0 Å². The molecule has 2 aliphatic heterocycles. The summed E-state index contributed by atoms with van der Waals surface area (Å²) in [6.45, 7) is 2.04. The molecule has 3 aromatic rings. The number of nitrogens with zero attached hydrogens (tertiary/aromatic N) is 2. The van der Waals surface area contributed by atoms with Crippen LogP contribution < -0.4 is 10.6 Å². The van der Waals surface area contributed by atoms with Crippen LogP contribution in [0, 0.1) is 0 Å². The van der Waals surface area contributed by atoms with Crippen LogP contribution in [0.15, 0.2) is 36.5 Å². The third-order valence-electron chi connectivity index (χ3n) is 5.44. The van der Waals surface area contributed by atoms with E-state index in [1.165, 1.54) is 0 Å². The molecule has 5 rings (SSSR count). The number of rotatable bonds is 3. The molecule has 0 aliphatic carbocycles. The number of nitrogens with one attached hydrogen (secondary N) is 2. The Balaban J connectivity index is 1.52. The first kappa shape index (κ1) is 15.9. The van der Waals surface area contributed by atoms with Gasteiger partial charge in [0.25, 0.3) is 5.91 Å². The summed E-state index contributed by atoms with van der Waals surface area (Å²) in [5, 5.41) is 13.6. The van der Waals surface area contributed by atoms with Gasteiger partial charge in [-0.1, -0.05) is 29.8 Å². The standard InChI is InChI=1S/C20H19ClN4O/c21-19-13(11-25(24-19)14-6-8-22-9-7-14)10-12-4-5-17-18-15(12)2-1-3-16(18)20(26)23-17/h1-5,11,14,22H,6-10H2,(H,23,26). The fourth-order valence-corrected chi connectivity index (χ4v) is 4.30. The number of carbonyl (C=O) groups is 1. The maximum atomic E-state index is 12.1. The van der Waals surface area contributed by atoms with Gasteiger partial charge in [-0.2, -0.15) is 5.10 Å². The van der Waals surface area contributed by atoms with E-state index < -0.39 is 0 Å². The quantitative estimate of drug-likeness (QED) is 0.741. The van der Waals surface area contributed by atoms with E-state index in [1.807, 2.05) is 22.9 Å². The van der Waals surface area contributed by atoms with Crippen molar-refractivity contribution in [2.24, 2.45) is 0 Å². The molecule has 132 valence electrons. The van der Waals surface area contributed by atoms with Gasteiger partial charge >= 0.3 is 0 Å². The van der Waals surface area contributed by atoms with Gasteiger partial charge in [0, 0.05) is 34.8 Å². The lowest BCUT2D eigenvalue weighted by Crippen LogP contribution is -2.29. The van der Waals surface area contributed by atoms with Crippen LogP contribution in [-0.4, -0.2) is 28.8 Å². The van der Waals surface area contributed by atoms with Crippen LogP contribution in [0.5, 0.6) is 0 Å². The van der Waals surface area contributed by atoms with E-state index in [4.69, 9.17) is 11.6 Å². The molecule has 5 nitrogen and oxygen atoms in total. The number of anilines is 1. The summed E-state index contributed by atoms with van der Waals surface area (Å²) in [6, 6.07) is 10.4. The molecule has 1 fully saturated rings. The molecule has 2 N–H and O–H groups in total. The highest BCUT2D eigenvalue weighted by atomic mass is 35.5. The van der Waals surface area contributed by atoms with Crippen LogP contribution in [0.1, 0.15) is 40.4 Å². The summed E-state index contributed by atoms with van der Waals surface area (Å²) >= 11 is 6.45. The van der Waals surface area contributed by atoms with E-state index in [0.29, 0.717) is 17.6 Å². The summed E-state index contributed by atoms with van der Waals surface area (Å²) in [7, 11) is 0. The summed E-state index contributed by atoms with van der Waals surface area (Å²) in [5.74, 6) is -0.0282. The molecule has 0 radical (unpaired) electrons. The zero-order valence-electron chi connectivity index (χ0n) is 14.3. The van der Waals surface area contributed by atoms with Gasteiger partial charge in [-0.05, 0) is 49.0 Å². The van der Waals surface area contributed by atoms with Gasteiger partial charge in [0.15, 0.2) is 5.15 Å². The summed E-state index contributed by atoms with van der Waals surface area (Å²) in [6.07, 6.45) is 4.95. The highest BCUT2D eigenvalue weighted by Crippen LogP contribution is 2.36. The van der Waals surface area contributed by atoms with Crippen LogP contribution in [0.3, 0.4) is 0 Å². The lowest BCUT2D eigenvalue weighted by molar-refractivity contribution is 0.103. The minimum atomic E-state index is -0.0282. The second kappa shape index (κ2) is 6.11. The van der Waals surface area contributed by atoms with Crippen molar-refractivity contribution in [2.45, 2.75) is 25.3 Å². The summed E-state index contributed by atoms with van der Waals surface area (Å²) < 4.78 is 2.03. The number of carbonyl (C=O) groups excluding carboxylic acids is 1. The number of halogens is 1. The molecular weight excluding hydrogens is 348 g/mol. The van der Waals surface area contributed by atoms with Crippen LogP contribution in [0.2, 0.25) is 5.15 Å². The predicted molar refractivity (Wildman–Crippen MR) is 103 cm³/mol. The average Bonchev–Trinajstić information content (AvgIpc) is 3.20. The van der Waals surface area contributed by atoms with Crippen molar-refractivity contribution in [1.82, 2.24) is 15.1 Å². The van der Waals surface area contributed by atoms with E-state index >= 15 is 0 Å². The number of amides is 1. The first-order chi connectivity index (χ1) is 12.7. The highest BCUT2D eigenvalue weighted by molar-refractivity contribution is 6.30. The van der Waals surface area contributed by atoms with E-state index in [9.17, 15) is 4.79 Å². The molecule has 2 aliphatic rings. The van der Waals surface area contributed by atoms with Crippen molar-refractivity contribution >= 4 is 34.0 Å². The predicted octanol–water partition coefficient (Wildman–Crippen LogP) is 3.77. The molecule has 1 aromatic heterocycles. The van der Waals surface area contributed by atoms with E-state index in [2.05, 4.69) is 34.1 Å². The Morgan fingerprint density at radius 3 is 2.85 bits per heavy atom. The Morgan fingerprint density at radius 1 is 1.15 bits per heavy atom. The van der Waals surface area contributed by atoms with Gasteiger partial charge in [-0.25, -0.2) is 0 Å². The molecule has 6 heteroatoms. The Bertz CT molecular complexity index is 1020. The molecule has 2 aromatic carbocycles. The number of piperidine rings is 1. The molecule has 0 spiro atoms. The Kier molecular flexibility index (Phi) is 3.72. The van der Waals surface area contributed by atoms with E-state index in [1.54, 1.807) is 0 Å². The van der Waals surface area contributed by atoms with Gasteiger partial charge in [0.05, 0.1) is 6.04 Å². The average molecular weight is 367 g/mol. The first-order valence-corrected chi connectivity index (χ1v) is 9.39. The summed E-state index contributed by atoms with van der Waals surface area (Å²) in [4.78, 5) is 12.1. The lowest BCUT2D eigenvalue weighted by Gasteiger charge is -2.22. The number of hydrogen-bond acceptors (Lipinski definition) is 3. The monoisotopic (exact) mass is 366 g/mol. The fraction of sp³-hybridized carbons (Fsp3) is 0.300. The van der Waals surface area contributed by atoms with E-state index in [0.717, 1.165) is 59.1 Å². The minimum absolute atomic E-state index is 0.0282. The molecule has 0 atom stereocenters. The SMILES string of the molecule is O=C1Nc2ccc(Cc3cn(C4CCNCC4)nc3Cl)c3cccc1c23. The smallest absolute Gasteiger partial charge is 0.256 e. The molecule has 1 saturated heterocycles. The van der Waals surface area contributed by atoms with Gasteiger partial charge in [-0.15, -0.1) is 0 Å². The van der Waals surface area contributed by atoms with Crippen molar-refractivity contribution in [3.8, 4) is 0 Å². The zero-order valence-corrected chi connectivity index (χ0v) is 15.0. The Morgan fingerprint density at radius 2 is 2.00 bits per heavy atom. The van der Waals surface area contributed by atoms with Gasteiger partial charge in [0.1, 0.15) is 0 Å². The normalized spacial score (nSPS) is 17.0. The topological polar surface area (TPSA) is 59.0 Å². The van der Waals surface area contributed by atoms with Crippen molar-refractivity contribution in [1.29, 1.82) is 0 Å². The maximum Gasteiger partial charge on any atom is 0.256 e. The minimum Gasteiger partial charge on any atom is -0.321 e. The van der Waals surface area contributed by atoms with Crippen LogP contribution >= 0.6 is 11.6 Å². The highest BCUT2D eigenvalue weighted by Gasteiger charge is 2.23. The molecule has 1 amide bonds. The molecule has 0 bridgehead atoms. The fourth-order valence-electron chi connectivity index (χ4n) is 4.09. The van der Waals surface area contributed by atoms with E-state index in [-0.39, 0.29) is 5.91 Å². The molecule has 26 heavy (non-hydrogen) atoms. The third kappa shape index (κ3) is 2.50. The van der Waals surface area contributed by atoms with Crippen LogP contribution in [-0.2, 0) is 6.42 Å². The molecule has 0 saturated carbocycles. The van der Waals surface area contributed by atoms with Crippen molar-refractivity contribution in [2.75, 3.05) is 18.4 Å². The summed E-state index contributed by atoms with van der Waals surface area (Å²) in [5.41, 5.74) is 3.83. The number of aromatic nitrogens is 2. The van der Waals surface area contributed by atoms with Crippen LogP contribution in [0.25, 0.3) is 10.8 Å². The van der Waals surface area contributed by atoms with Crippen molar-refractivity contribution < 1.29 is 4.79 Å². The van der Waals surface area contributed by atoms with Crippen molar-refractivity contribution in [3.63, 3.8) is 0 Å². The van der Waals surface area contributed by atoms with Gasteiger partial charge in [-0.3, -0.25) is 9.48 Å². The molecule has 0 unspecified atom stereocenters. The largest absolute Gasteiger partial charge is 0.321 e. The molecular formula is C20H19ClN4O. The first-order valence-electron chi connectivity index (χ1n) is 9.01. The van der Waals surface area contributed by atoms with Crippen molar-refractivity contribution in [3.05, 3.63) is 58.4 Å². The second-order valence-electron chi connectivity index (χ2n) is 7.04. The molecule has 3 heterocycles.